The number of nitrogens with one attached hydrogen (secondary N) is 2. The predicted octanol–water partition coefficient (Wildman–Crippen LogP) is 1.72. The highest BCUT2D eigenvalue weighted by atomic mass is 32.2. The molecule has 2 N–H and O–H groups in total. The molecule has 0 aliphatic carbocycles. The number of aromatic nitrogens is 4. The molecule has 0 saturated heterocycles. The van der Waals surface area contributed by atoms with Crippen LogP contribution in [-0.4, -0.2) is 38.4 Å². The number of amides is 1. The standard InChI is InChI=1S/C16H15N5O2S/c22-13(21-7-3-5-10-4-1-2-6-12(10)21)9-24-16-18-14-11(8-17-20-14)15(23)19-16/h1-2,4,6,8H,3,5,7,9H2,(H2,17,18,19,20,23). The molecule has 1 amide bonds. The Morgan fingerprint density at radius 1 is 1.33 bits per heavy atom. The predicted molar refractivity (Wildman–Crippen MR) is 92.3 cm³/mol. The van der Waals surface area contributed by atoms with Gasteiger partial charge in [-0.05, 0) is 24.5 Å². The smallest absolute Gasteiger partial charge is 0.262 e. The molecule has 7 nitrogen and oxygen atoms in total. The fourth-order valence-corrected chi connectivity index (χ4v) is 3.63. The second kappa shape index (κ2) is 6.12. The third-order valence-electron chi connectivity index (χ3n) is 4.04. The fraction of sp³-hybridized carbons (Fsp3) is 0.250. The second-order valence-electron chi connectivity index (χ2n) is 5.57. The number of nitrogens with zero attached hydrogens (tertiary/aromatic N) is 3. The molecule has 0 spiro atoms. The Morgan fingerprint density at radius 3 is 3.12 bits per heavy atom. The van der Waals surface area contributed by atoms with E-state index >= 15 is 0 Å². The number of hydrogen-bond donors (Lipinski definition) is 2. The van der Waals surface area contributed by atoms with E-state index in [1.54, 1.807) is 0 Å². The van der Waals surface area contributed by atoms with E-state index in [9.17, 15) is 9.59 Å². The molecular formula is C16H15N5O2S. The van der Waals surface area contributed by atoms with E-state index in [0.29, 0.717) is 16.2 Å². The molecule has 0 bridgehead atoms. The molecular weight excluding hydrogens is 326 g/mol. The number of aromatic amines is 2. The molecule has 8 heteroatoms. The largest absolute Gasteiger partial charge is 0.311 e. The summed E-state index contributed by atoms with van der Waals surface area (Å²) in [5.41, 5.74) is 2.36. The van der Waals surface area contributed by atoms with Gasteiger partial charge in [0.25, 0.3) is 5.56 Å². The van der Waals surface area contributed by atoms with Crippen molar-refractivity contribution in [2.75, 3.05) is 17.2 Å². The Bertz CT molecular complexity index is 964. The summed E-state index contributed by atoms with van der Waals surface area (Å²) >= 11 is 1.22. The van der Waals surface area contributed by atoms with Gasteiger partial charge in [0.2, 0.25) is 5.91 Å². The molecule has 122 valence electrons. The van der Waals surface area contributed by atoms with Crippen LogP contribution in [0.15, 0.2) is 40.4 Å². The Morgan fingerprint density at radius 2 is 2.21 bits per heavy atom. The average Bonchev–Trinajstić information content (AvgIpc) is 3.08. The van der Waals surface area contributed by atoms with Gasteiger partial charge in [0.1, 0.15) is 5.39 Å². The summed E-state index contributed by atoms with van der Waals surface area (Å²) in [6.07, 6.45) is 3.40. The van der Waals surface area contributed by atoms with Crippen LogP contribution in [0.3, 0.4) is 0 Å². The number of hydrogen-bond acceptors (Lipinski definition) is 5. The van der Waals surface area contributed by atoms with Crippen molar-refractivity contribution in [2.45, 2.75) is 18.0 Å². The molecule has 0 radical (unpaired) electrons. The number of rotatable bonds is 3. The first-order chi connectivity index (χ1) is 11.7. The Balaban J connectivity index is 1.51. The van der Waals surface area contributed by atoms with E-state index in [4.69, 9.17) is 0 Å². The Hall–Kier alpha value is -2.61. The number of anilines is 1. The van der Waals surface area contributed by atoms with Gasteiger partial charge in [-0.1, -0.05) is 30.0 Å². The molecule has 0 atom stereocenters. The number of aryl methyl sites for hydroxylation is 1. The molecule has 3 aromatic rings. The number of benzene rings is 1. The van der Waals surface area contributed by atoms with Gasteiger partial charge in [-0.3, -0.25) is 14.7 Å². The molecule has 1 aromatic carbocycles. The van der Waals surface area contributed by atoms with Crippen molar-refractivity contribution < 1.29 is 4.79 Å². The molecule has 1 aliphatic rings. The Kier molecular flexibility index (Phi) is 3.81. The third-order valence-corrected chi connectivity index (χ3v) is 4.90. The zero-order valence-corrected chi connectivity index (χ0v) is 13.6. The van der Waals surface area contributed by atoms with Crippen molar-refractivity contribution in [2.24, 2.45) is 0 Å². The van der Waals surface area contributed by atoms with E-state index in [1.165, 1.54) is 23.5 Å². The number of carbonyl (C=O) groups excluding carboxylic acids is 1. The molecule has 24 heavy (non-hydrogen) atoms. The number of fused-ring (bicyclic) bond motifs is 2. The van der Waals surface area contributed by atoms with Crippen LogP contribution in [0.5, 0.6) is 0 Å². The maximum absolute atomic E-state index is 12.6. The molecule has 2 aromatic heterocycles. The summed E-state index contributed by atoms with van der Waals surface area (Å²) in [4.78, 5) is 33.3. The maximum Gasteiger partial charge on any atom is 0.262 e. The van der Waals surface area contributed by atoms with Gasteiger partial charge < -0.3 is 9.88 Å². The van der Waals surface area contributed by atoms with E-state index in [1.807, 2.05) is 23.1 Å². The Labute approximate surface area is 141 Å². The van der Waals surface area contributed by atoms with Crippen LogP contribution in [0.1, 0.15) is 12.0 Å². The first-order valence-electron chi connectivity index (χ1n) is 7.67. The minimum Gasteiger partial charge on any atom is -0.311 e. The van der Waals surface area contributed by atoms with Crippen LogP contribution in [0.4, 0.5) is 5.69 Å². The molecule has 1 aliphatic heterocycles. The lowest BCUT2D eigenvalue weighted by atomic mass is 10.0. The van der Waals surface area contributed by atoms with Gasteiger partial charge in [0.15, 0.2) is 10.8 Å². The second-order valence-corrected chi connectivity index (χ2v) is 6.53. The molecule has 3 heterocycles. The van der Waals surface area contributed by atoms with Gasteiger partial charge in [0, 0.05) is 12.2 Å². The van der Waals surface area contributed by atoms with Crippen molar-refractivity contribution in [1.29, 1.82) is 0 Å². The maximum atomic E-state index is 12.6. The van der Waals surface area contributed by atoms with E-state index < -0.39 is 0 Å². The minimum absolute atomic E-state index is 0.0134. The van der Waals surface area contributed by atoms with Crippen LogP contribution in [-0.2, 0) is 11.2 Å². The molecule has 0 fully saturated rings. The van der Waals surface area contributed by atoms with Crippen molar-refractivity contribution in [3.05, 3.63) is 46.4 Å². The monoisotopic (exact) mass is 341 g/mol. The van der Waals surface area contributed by atoms with Crippen molar-refractivity contribution >= 4 is 34.4 Å². The first-order valence-corrected chi connectivity index (χ1v) is 8.65. The van der Waals surface area contributed by atoms with E-state index in [2.05, 4.69) is 26.2 Å². The lowest BCUT2D eigenvalue weighted by molar-refractivity contribution is -0.116. The quantitative estimate of drug-likeness (QED) is 0.559. The normalized spacial score (nSPS) is 13.9. The zero-order chi connectivity index (χ0) is 16.5. The zero-order valence-electron chi connectivity index (χ0n) is 12.8. The number of thioether (sulfide) groups is 1. The van der Waals surface area contributed by atoms with Crippen LogP contribution in [0.25, 0.3) is 11.0 Å². The van der Waals surface area contributed by atoms with Gasteiger partial charge in [-0.25, -0.2) is 4.98 Å². The number of carbonyl (C=O) groups is 1. The van der Waals surface area contributed by atoms with Crippen LogP contribution < -0.4 is 10.5 Å². The van der Waals surface area contributed by atoms with E-state index in [-0.39, 0.29) is 17.2 Å². The highest BCUT2D eigenvalue weighted by molar-refractivity contribution is 7.99. The summed E-state index contributed by atoms with van der Waals surface area (Å²) in [6.45, 7) is 0.722. The van der Waals surface area contributed by atoms with Crippen LogP contribution >= 0.6 is 11.8 Å². The highest BCUT2D eigenvalue weighted by Crippen LogP contribution is 2.27. The van der Waals surface area contributed by atoms with Gasteiger partial charge in [-0.2, -0.15) is 5.10 Å². The van der Waals surface area contributed by atoms with Crippen molar-refractivity contribution in [1.82, 2.24) is 20.2 Å². The SMILES string of the molecule is O=C(CSc1nc2[nH]ncc2c(=O)[nH]1)N1CCCc2ccccc21. The summed E-state index contributed by atoms with van der Waals surface area (Å²) in [6, 6.07) is 7.99. The minimum atomic E-state index is -0.257. The summed E-state index contributed by atoms with van der Waals surface area (Å²) < 4.78 is 0. The lowest BCUT2D eigenvalue weighted by Gasteiger charge is -2.29. The van der Waals surface area contributed by atoms with Crippen molar-refractivity contribution in [3.63, 3.8) is 0 Å². The summed E-state index contributed by atoms with van der Waals surface area (Å²) in [7, 11) is 0. The van der Waals surface area contributed by atoms with Crippen LogP contribution in [0, 0.1) is 0 Å². The summed E-state index contributed by atoms with van der Waals surface area (Å²) in [5.74, 6) is 0.233. The lowest BCUT2D eigenvalue weighted by Crippen LogP contribution is -2.36. The fourth-order valence-electron chi connectivity index (χ4n) is 2.89. The van der Waals surface area contributed by atoms with Crippen molar-refractivity contribution in [3.8, 4) is 0 Å². The highest BCUT2D eigenvalue weighted by Gasteiger charge is 2.22. The molecule has 0 unspecified atom stereocenters. The molecule has 4 rings (SSSR count). The van der Waals surface area contributed by atoms with Gasteiger partial charge in [-0.15, -0.1) is 0 Å². The van der Waals surface area contributed by atoms with E-state index in [0.717, 1.165) is 25.1 Å². The van der Waals surface area contributed by atoms with Gasteiger partial charge in [0.05, 0.1) is 11.9 Å². The topological polar surface area (TPSA) is 94.7 Å². The number of para-hydroxylation sites is 1. The molecule has 0 saturated carbocycles. The number of H-pyrrole nitrogens is 2. The van der Waals surface area contributed by atoms with Crippen LogP contribution in [0.2, 0.25) is 0 Å². The third kappa shape index (κ3) is 2.69. The average molecular weight is 341 g/mol. The van der Waals surface area contributed by atoms with Gasteiger partial charge >= 0.3 is 0 Å². The summed E-state index contributed by atoms with van der Waals surface area (Å²) in [5, 5.41) is 7.31. The first kappa shape index (κ1) is 14.9.